The molecule has 0 bridgehead atoms. The molecule has 1 aromatic heterocycles. The number of amides is 1. The van der Waals surface area contributed by atoms with Gasteiger partial charge in [0.2, 0.25) is 5.91 Å². The quantitative estimate of drug-likeness (QED) is 0.794. The fourth-order valence-electron chi connectivity index (χ4n) is 3.54. The number of methoxy groups -OCH3 is 1. The number of hydrogen-bond acceptors (Lipinski definition) is 6. The number of ether oxygens (including phenoxy) is 1. The van der Waals surface area contributed by atoms with Crippen LogP contribution in [0.5, 0.6) is 5.75 Å². The highest BCUT2D eigenvalue weighted by Crippen LogP contribution is 2.38. The molecule has 2 aromatic rings. The van der Waals surface area contributed by atoms with E-state index in [4.69, 9.17) is 4.74 Å². The van der Waals surface area contributed by atoms with Crippen LogP contribution in [0, 0.1) is 6.92 Å². The SMILES string of the molecule is COc1cccc2c1CCC2C(=O)NS(=O)(=O)c1c(CO)c(C)nn1C. The van der Waals surface area contributed by atoms with Crippen molar-refractivity contribution in [2.75, 3.05) is 7.11 Å². The van der Waals surface area contributed by atoms with Crippen LogP contribution in [0.25, 0.3) is 0 Å². The van der Waals surface area contributed by atoms with E-state index in [2.05, 4.69) is 9.82 Å². The summed E-state index contributed by atoms with van der Waals surface area (Å²) in [4.78, 5) is 12.7. The van der Waals surface area contributed by atoms with Gasteiger partial charge in [-0.05, 0) is 37.0 Å². The molecule has 26 heavy (non-hydrogen) atoms. The maximum atomic E-state index is 12.7. The summed E-state index contributed by atoms with van der Waals surface area (Å²) in [5, 5.41) is 13.3. The minimum atomic E-state index is -4.16. The molecule has 8 nitrogen and oxygen atoms in total. The topological polar surface area (TPSA) is 111 Å². The van der Waals surface area contributed by atoms with E-state index in [0.29, 0.717) is 24.3 Å². The maximum absolute atomic E-state index is 12.7. The van der Waals surface area contributed by atoms with E-state index in [1.54, 1.807) is 20.1 Å². The second-order valence-electron chi connectivity index (χ2n) is 6.24. The lowest BCUT2D eigenvalue weighted by atomic mass is 10.0. The van der Waals surface area contributed by atoms with Crippen molar-refractivity contribution in [1.29, 1.82) is 0 Å². The second kappa shape index (κ2) is 6.73. The van der Waals surface area contributed by atoms with Crippen LogP contribution in [-0.4, -0.2) is 36.3 Å². The first-order chi connectivity index (χ1) is 12.3. The molecule has 140 valence electrons. The molecule has 1 atom stereocenters. The Morgan fingerprint density at radius 2 is 2.19 bits per heavy atom. The van der Waals surface area contributed by atoms with Crippen LogP contribution >= 0.6 is 0 Å². The van der Waals surface area contributed by atoms with Gasteiger partial charge in [0.05, 0.1) is 25.3 Å². The van der Waals surface area contributed by atoms with Gasteiger partial charge in [0.15, 0.2) is 5.03 Å². The fourth-order valence-corrected chi connectivity index (χ4v) is 4.96. The molecule has 1 aliphatic rings. The zero-order valence-electron chi connectivity index (χ0n) is 14.8. The number of sulfonamides is 1. The lowest BCUT2D eigenvalue weighted by Crippen LogP contribution is -2.35. The third-order valence-corrected chi connectivity index (χ3v) is 6.19. The molecule has 1 aliphatic carbocycles. The average molecular weight is 379 g/mol. The molecule has 1 aromatic carbocycles. The van der Waals surface area contributed by atoms with Crippen molar-refractivity contribution in [3.8, 4) is 5.75 Å². The van der Waals surface area contributed by atoms with Gasteiger partial charge in [-0.15, -0.1) is 0 Å². The van der Waals surface area contributed by atoms with Gasteiger partial charge in [0, 0.05) is 12.6 Å². The number of nitrogens with one attached hydrogen (secondary N) is 1. The highest BCUT2D eigenvalue weighted by Gasteiger charge is 2.34. The zero-order chi connectivity index (χ0) is 19.1. The van der Waals surface area contributed by atoms with Crippen LogP contribution in [0.2, 0.25) is 0 Å². The Morgan fingerprint density at radius 3 is 2.85 bits per heavy atom. The largest absolute Gasteiger partial charge is 0.496 e. The zero-order valence-corrected chi connectivity index (χ0v) is 15.6. The summed E-state index contributed by atoms with van der Waals surface area (Å²) in [5.74, 6) is -0.466. The minimum Gasteiger partial charge on any atom is -0.496 e. The summed E-state index contributed by atoms with van der Waals surface area (Å²) < 4.78 is 34.1. The number of carbonyl (C=O) groups is 1. The van der Waals surface area contributed by atoms with E-state index >= 15 is 0 Å². The van der Waals surface area contributed by atoms with Gasteiger partial charge in [0.25, 0.3) is 10.0 Å². The normalized spacial score (nSPS) is 16.4. The molecule has 1 amide bonds. The molecule has 0 saturated carbocycles. The molecule has 1 unspecified atom stereocenters. The molecule has 2 N–H and O–H groups in total. The van der Waals surface area contributed by atoms with E-state index in [-0.39, 0.29) is 10.6 Å². The molecule has 0 radical (unpaired) electrons. The van der Waals surface area contributed by atoms with Crippen molar-refractivity contribution in [2.24, 2.45) is 7.05 Å². The van der Waals surface area contributed by atoms with Gasteiger partial charge >= 0.3 is 0 Å². The fraction of sp³-hybridized carbons (Fsp3) is 0.412. The Labute approximate surface area is 151 Å². The van der Waals surface area contributed by atoms with Crippen LogP contribution in [0.3, 0.4) is 0 Å². The summed E-state index contributed by atoms with van der Waals surface area (Å²) in [5.41, 5.74) is 2.29. The van der Waals surface area contributed by atoms with E-state index in [9.17, 15) is 18.3 Å². The van der Waals surface area contributed by atoms with Crippen molar-refractivity contribution in [2.45, 2.75) is 37.3 Å². The van der Waals surface area contributed by atoms with E-state index < -0.39 is 28.5 Å². The number of aryl methyl sites for hydroxylation is 2. The highest BCUT2D eigenvalue weighted by molar-refractivity contribution is 7.90. The molecule has 0 spiro atoms. The monoisotopic (exact) mass is 379 g/mol. The molecule has 0 aliphatic heterocycles. The summed E-state index contributed by atoms with van der Waals surface area (Å²) in [7, 11) is -1.13. The summed E-state index contributed by atoms with van der Waals surface area (Å²) in [6.45, 7) is 1.12. The number of fused-ring (bicyclic) bond motifs is 1. The average Bonchev–Trinajstić information content (AvgIpc) is 3.14. The lowest BCUT2D eigenvalue weighted by molar-refractivity contribution is -0.120. The third-order valence-electron chi connectivity index (χ3n) is 4.70. The third kappa shape index (κ3) is 2.97. The molecule has 1 heterocycles. The van der Waals surface area contributed by atoms with Gasteiger partial charge < -0.3 is 9.84 Å². The van der Waals surface area contributed by atoms with E-state index in [1.165, 1.54) is 7.05 Å². The van der Waals surface area contributed by atoms with Crippen molar-refractivity contribution >= 4 is 15.9 Å². The molecular weight excluding hydrogens is 358 g/mol. The lowest BCUT2D eigenvalue weighted by Gasteiger charge is -2.14. The van der Waals surface area contributed by atoms with Crippen LogP contribution in [0.1, 0.15) is 34.7 Å². The Bertz CT molecular complexity index is 965. The summed E-state index contributed by atoms with van der Waals surface area (Å²) in [6, 6.07) is 5.42. The molecular formula is C17H21N3O5S. The Hall–Kier alpha value is -2.39. The number of aliphatic hydroxyl groups excluding tert-OH is 1. The Kier molecular flexibility index (Phi) is 4.76. The van der Waals surface area contributed by atoms with Gasteiger partial charge in [-0.2, -0.15) is 13.5 Å². The molecule has 0 fully saturated rings. The van der Waals surface area contributed by atoms with Gasteiger partial charge in [-0.1, -0.05) is 12.1 Å². The molecule has 3 rings (SSSR count). The van der Waals surface area contributed by atoms with Crippen LogP contribution < -0.4 is 9.46 Å². The number of aromatic nitrogens is 2. The minimum absolute atomic E-state index is 0.182. The van der Waals surface area contributed by atoms with Crippen LogP contribution in [0.15, 0.2) is 23.2 Å². The van der Waals surface area contributed by atoms with E-state index in [1.807, 2.05) is 12.1 Å². The molecule has 9 heteroatoms. The predicted octanol–water partition coefficient (Wildman–Crippen LogP) is 0.764. The molecule has 0 saturated heterocycles. The first kappa shape index (κ1) is 18.4. The smallest absolute Gasteiger partial charge is 0.281 e. The number of hydrogen-bond donors (Lipinski definition) is 2. The number of nitrogens with zero attached hydrogens (tertiary/aromatic N) is 2. The van der Waals surface area contributed by atoms with E-state index in [0.717, 1.165) is 15.8 Å². The number of carbonyl (C=O) groups excluding carboxylic acids is 1. The van der Waals surface area contributed by atoms with Crippen molar-refractivity contribution in [3.63, 3.8) is 0 Å². The first-order valence-electron chi connectivity index (χ1n) is 8.16. The van der Waals surface area contributed by atoms with Gasteiger partial charge in [-0.3, -0.25) is 9.48 Å². The second-order valence-corrected chi connectivity index (χ2v) is 7.84. The van der Waals surface area contributed by atoms with Crippen LogP contribution in [0.4, 0.5) is 0 Å². The highest BCUT2D eigenvalue weighted by atomic mass is 32.2. The first-order valence-corrected chi connectivity index (χ1v) is 9.64. The number of aliphatic hydroxyl groups is 1. The summed E-state index contributed by atoms with van der Waals surface area (Å²) in [6.07, 6.45) is 1.15. The standard InChI is InChI=1S/C17H21N3O5S/c1-10-14(9-21)17(20(2)18-10)26(23,24)19-16(22)13-8-7-12-11(13)5-4-6-15(12)25-3/h4-6,13,21H,7-9H2,1-3H3,(H,19,22). The van der Waals surface area contributed by atoms with Crippen molar-refractivity contribution < 1.29 is 23.1 Å². The number of benzene rings is 1. The van der Waals surface area contributed by atoms with Crippen LogP contribution in [-0.2, 0) is 34.9 Å². The summed E-state index contributed by atoms with van der Waals surface area (Å²) >= 11 is 0. The maximum Gasteiger partial charge on any atom is 0.281 e. The van der Waals surface area contributed by atoms with Crippen molar-refractivity contribution in [3.05, 3.63) is 40.6 Å². The van der Waals surface area contributed by atoms with Gasteiger partial charge in [-0.25, -0.2) is 4.72 Å². The Morgan fingerprint density at radius 1 is 1.46 bits per heavy atom. The number of rotatable bonds is 5. The van der Waals surface area contributed by atoms with Crippen molar-refractivity contribution in [1.82, 2.24) is 14.5 Å². The Balaban J connectivity index is 1.91. The van der Waals surface area contributed by atoms with Gasteiger partial charge in [0.1, 0.15) is 5.75 Å². The predicted molar refractivity (Wildman–Crippen MR) is 93.3 cm³/mol.